The highest BCUT2D eigenvalue weighted by Gasteiger charge is 2.23. The molecule has 0 bridgehead atoms. The van der Waals surface area contributed by atoms with Gasteiger partial charge in [-0.15, -0.1) is 0 Å². The molecule has 0 saturated carbocycles. The highest BCUT2D eigenvalue weighted by Crippen LogP contribution is 2.24. The molecule has 1 fully saturated rings. The van der Waals surface area contributed by atoms with Gasteiger partial charge in [-0.2, -0.15) is 4.98 Å². The summed E-state index contributed by atoms with van der Waals surface area (Å²) in [4.78, 5) is 8.99. The van der Waals surface area contributed by atoms with E-state index >= 15 is 0 Å². The van der Waals surface area contributed by atoms with Crippen molar-refractivity contribution >= 4 is 5.82 Å². The van der Waals surface area contributed by atoms with Gasteiger partial charge in [0, 0.05) is 18.0 Å². The van der Waals surface area contributed by atoms with Crippen LogP contribution in [-0.2, 0) is 10.2 Å². The highest BCUT2D eigenvalue weighted by molar-refractivity contribution is 5.39. The van der Waals surface area contributed by atoms with Gasteiger partial charge in [0.1, 0.15) is 17.7 Å². The van der Waals surface area contributed by atoms with Crippen LogP contribution in [0.2, 0.25) is 0 Å². The normalized spacial score (nSPS) is 16.2. The highest BCUT2D eigenvalue weighted by atomic mass is 16.6. The third kappa shape index (κ3) is 3.10. The number of ether oxygens (including phenoxy) is 2. The maximum Gasteiger partial charge on any atom is 0.219 e. The third-order valence-corrected chi connectivity index (χ3v) is 2.63. The zero-order valence-electron chi connectivity index (χ0n) is 11.5. The van der Waals surface area contributed by atoms with Gasteiger partial charge in [-0.3, -0.25) is 0 Å². The standard InChI is InChI=1S/C13H21N3O2/c1-5-14-10-6-11(18-9-7-17-8-9)16-12(15-10)13(2,3)4/h6,9H,5,7-8H2,1-4H3,(H,14,15,16). The van der Waals surface area contributed by atoms with Crippen LogP contribution >= 0.6 is 0 Å². The zero-order chi connectivity index (χ0) is 13.2. The van der Waals surface area contributed by atoms with Crippen LogP contribution in [0, 0.1) is 0 Å². The number of hydrogen-bond acceptors (Lipinski definition) is 5. The van der Waals surface area contributed by atoms with Crippen LogP contribution in [-0.4, -0.2) is 35.8 Å². The first-order valence-electron chi connectivity index (χ1n) is 6.37. The number of nitrogens with zero attached hydrogens (tertiary/aromatic N) is 2. The lowest BCUT2D eigenvalue weighted by Crippen LogP contribution is -2.39. The smallest absolute Gasteiger partial charge is 0.219 e. The van der Waals surface area contributed by atoms with Crippen LogP contribution in [0.3, 0.4) is 0 Å². The first-order valence-corrected chi connectivity index (χ1v) is 6.37. The zero-order valence-corrected chi connectivity index (χ0v) is 11.5. The van der Waals surface area contributed by atoms with E-state index in [1.807, 2.05) is 13.0 Å². The van der Waals surface area contributed by atoms with Crippen molar-refractivity contribution in [3.05, 3.63) is 11.9 Å². The van der Waals surface area contributed by atoms with Crippen LogP contribution in [0.1, 0.15) is 33.5 Å². The largest absolute Gasteiger partial charge is 0.469 e. The topological polar surface area (TPSA) is 56.3 Å². The number of aromatic nitrogens is 2. The minimum Gasteiger partial charge on any atom is -0.469 e. The van der Waals surface area contributed by atoms with Crippen LogP contribution in [0.5, 0.6) is 5.88 Å². The minimum absolute atomic E-state index is 0.0976. The lowest BCUT2D eigenvalue weighted by Gasteiger charge is -2.27. The summed E-state index contributed by atoms with van der Waals surface area (Å²) in [5.74, 6) is 2.23. The van der Waals surface area contributed by atoms with Crippen LogP contribution in [0.25, 0.3) is 0 Å². The summed E-state index contributed by atoms with van der Waals surface area (Å²) >= 11 is 0. The van der Waals surface area contributed by atoms with E-state index in [-0.39, 0.29) is 11.5 Å². The Hall–Kier alpha value is -1.36. The first kappa shape index (κ1) is 13.1. The molecule has 5 nitrogen and oxygen atoms in total. The average molecular weight is 251 g/mol. The Morgan fingerprint density at radius 1 is 1.39 bits per heavy atom. The van der Waals surface area contributed by atoms with Gasteiger partial charge in [-0.25, -0.2) is 4.98 Å². The van der Waals surface area contributed by atoms with Crippen molar-refractivity contribution in [2.45, 2.75) is 39.2 Å². The fourth-order valence-corrected chi connectivity index (χ4v) is 1.55. The van der Waals surface area contributed by atoms with Crippen molar-refractivity contribution in [2.75, 3.05) is 25.1 Å². The molecule has 1 aliphatic heterocycles. The summed E-state index contributed by atoms with van der Waals surface area (Å²) in [5, 5.41) is 3.21. The predicted molar refractivity (Wildman–Crippen MR) is 70.1 cm³/mol. The lowest BCUT2D eigenvalue weighted by molar-refractivity contribution is -0.0814. The molecule has 1 aliphatic rings. The number of rotatable bonds is 4. The minimum atomic E-state index is -0.0976. The number of nitrogens with one attached hydrogen (secondary N) is 1. The molecule has 0 aliphatic carbocycles. The van der Waals surface area contributed by atoms with Gasteiger partial charge >= 0.3 is 0 Å². The molecular weight excluding hydrogens is 230 g/mol. The molecule has 1 N–H and O–H groups in total. The second kappa shape index (κ2) is 5.10. The lowest BCUT2D eigenvalue weighted by atomic mass is 9.96. The van der Waals surface area contributed by atoms with Gasteiger partial charge < -0.3 is 14.8 Å². The summed E-state index contributed by atoms with van der Waals surface area (Å²) < 4.78 is 10.9. The Morgan fingerprint density at radius 3 is 2.61 bits per heavy atom. The quantitative estimate of drug-likeness (QED) is 0.886. The molecule has 5 heteroatoms. The third-order valence-electron chi connectivity index (χ3n) is 2.63. The van der Waals surface area contributed by atoms with E-state index in [0.717, 1.165) is 18.2 Å². The van der Waals surface area contributed by atoms with Gasteiger partial charge in [0.05, 0.1) is 13.2 Å². The number of hydrogen-bond donors (Lipinski definition) is 1. The van der Waals surface area contributed by atoms with E-state index in [9.17, 15) is 0 Å². The molecule has 0 radical (unpaired) electrons. The SMILES string of the molecule is CCNc1cc(OC2COC2)nc(C(C)(C)C)n1. The monoisotopic (exact) mass is 251 g/mol. The second-order valence-corrected chi connectivity index (χ2v) is 5.47. The maximum absolute atomic E-state index is 5.76. The molecule has 2 heterocycles. The van der Waals surface area contributed by atoms with Crippen molar-refractivity contribution in [1.29, 1.82) is 0 Å². The van der Waals surface area contributed by atoms with E-state index in [2.05, 4.69) is 36.1 Å². The van der Waals surface area contributed by atoms with Crippen LogP contribution in [0.15, 0.2) is 6.07 Å². The van der Waals surface area contributed by atoms with Gasteiger partial charge in [0.15, 0.2) is 0 Å². The van der Waals surface area contributed by atoms with E-state index in [1.165, 1.54) is 0 Å². The molecule has 1 saturated heterocycles. The van der Waals surface area contributed by atoms with E-state index < -0.39 is 0 Å². The molecule has 100 valence electrons. The van der Waals surface area contributed by atoms with Gasteiger partial charge in [-0.1, -0.05) is 20.8 Å². The van der Waals surface area contributed by atoms with Gasteiger partial charge in [0.2, 0.25) is 5.88 Å². The van der Waals surface area contributed by atoms with Crippen LogP contribution < -0.4 is 10.1 Å². The first-order chi connectivity index (χ1) is 8.49. The molecule has 0 unspecified atom stereocenters. The fraction of sp³-hybridized carbons (Fsp3) is 0.692. The van der Waals surface area contributed by atoms with Crippen molar-refractivity contribution in [2.24, 2.45) is 0 Å². The summed E-state index contributed by atoms with van der Waals surface area (Å²) in [7, 11) is 0. The van der Waals surface area contributed by atoms with Crippen molar-refractivity contribution < 1.29 is 9.47 Å². The second-order valence-electron chi connectivity index (χ2n) is 5.47. The Kier molecular flexibility index (Phi) is 3.71. The molecule has 18 heavy (non-hydrogen) atoms. The summed E-state index contributed by atoms with van der Waals surface area (Å²) in [6.45, 7) is 10.4. The molecule has 0 atom stereocenters. The Labute approximate surface area is 108 Å². The molecule has 0 aromatic carbocycles. The summed E-state index contributed by atoms with van der Waals surface area (Å²) in [6.07, 6.45) is 0.127. The van der Waals surface area contributed by atoms with Gasteiger partial charge in [-0.05, 0) is 6.92 Å². The van der Waals surface area contributed by atoms with Crippen LogP contribution in [0.4, 0.5) is 5.82 Å². The summed E-state index contributed by atoms with van der Waals surface area (Å²) in [6, 6.07) is 1.84. The molecule has 0 amide bonds. The number of anilines is 1. The van der Waals surface area contributed by atoms with Crippen molar-refractivity contribution in [1.82, 2.24) is 9.97 Å². The molecule has 2 rings (SSSR count). The molecule has 0 spiro atoms. The van der Waals surface area contributed by atoms with E-state index in [1.54, 1.807) is 0 Å². The molecule has 1 aromatic heterocycles. The Balaban J connectivity index is 2.23. The Morgan fingerprint density at radius 2 is 2.11 bits per heavy atom. The average Bonchev–Trinajstić information content (AvgIpc) is 2.23. The van der Waals surface area contributed by atoms with E-state index in [4.69, 9.17) is 9.47 Å². The molecule has 1 aromatic rings. The van der Waals surface area contributed by atoms with Crippen molar-refractivity contribution in [3.63, 3.8) is 0 Å². The Bertz CT molecular complexity index is 411. The summed E-state index contributed by atoms with van der Waals surface area (Å²) in [5.41, 5.74) is -0.0976. The molecular formula is C13H21N3O2. The predicted octanol–water partition coefficient (Wildman–Crippen LogP) is 1.98. The van der Waals surface area contributed by atoms with Gasteiger partial charge in [0.25, 0.3) is 0 Å². The fourth-order valence-electron chi connectivity index (χ4n) is 1.55. The maximum atomic E-state index is 5.76. The van der Waals surface area contributed by atoms with E-state index in [0.29, 0.717) is 19.1 Å². The van der Waals surface area contributed by atoms with Crippen molar-refractivity contribution in [3.8, 4) is 5.88 Å².